The van der Waals surface area contributed by atoms with E-state index in [-0.39, 0.29) is 6.54 Å². The van der Waals surface area contributed by atoms with Crippen LogP contribution in [0.25, 0.3) is 0 Å². The number of nitrogens with one attached hydrogen (secondary N) is 1. The van der Waals surface area contributed by atoms with Gasteiger partial charge in [-0.3, -0.25) is 0 Å². The first-order chi connectivity index (χ1) is 9.43. The molecule has 1 aromatic heterocycles. The van der Waals surface area contributed by atoms with Crippen molar-refractivity contribution in [1.82, 2.24) is 20.4 Å². The van der Waals surface area contributed by atoms with Crippen LogP contribution in [0, 0.1) is 6.92 Å². The molecule has 0 bridgehead atoms. The van der Waals surface area contributed by atoms with Crippen LogP contribution in [0.1, 0.15) is 37.9 Å². The van der Waals surface area contributed by atoms with Gasteiger partial charge >= 0.3 is 12.0 Å². The number of hydrogen-bond donors (Lipinski definition) is 2. The number of likely N-dealkylation sites (tertiary alicyclic amines) is 1. The lowest BCUT2D eigenvalue weighted by atomic mass is 9.89. The van der Waals surface area contributed by atoms with Crippen molar-refractivity contribution in [3.8, 4) is 0 Å². The molecule has 1 aliphatic heterocycles. The molecule has 0 spiro atoms. The largest absolute Gasteiger partial charge is 0.480 e. The lowest BCUT2D eigenvalue weighted by Gasteiger charge is -2.41. The topological polar surface area (TPSA) is 109 Å². The van der Waals surface area contributed by atoms with Gasteiger partial charge in [-0.05, 0) is 33.1 Å². The fourth-order valence-electron chi connectivity index (χ4n) is 2.33. The Morgan fingerprint density at radius 1 is 1.50 bits per heavy atom. The van der Waals surface area contributed by atoms with E-state index in [9.17, 15) is 14.7 Å². The Kier molecular flexibility index (Phi) is 3.91. The normalized spacial score (nSPS) is 22.6. The second kappa shape index (κ2) is 5.48. The molecule has 0 aliphatic carbocycles. The number of hydrogen-bond acceptors (Lipinski definition) is 5. The van der Waals surface area contributed by atoms with E-state index in [0.717, 1.165) is 12.8 Å². The lowest BCUT2D eigenvalue weighted by molar-refractivity contribution is -0.150. The van der Waals surface area contributed by atoms with Gasteiger partial charge in [0.1, 0.15) is 5.54 Å². The molecule has 8 nitrogen and oxygen atoms in total. The van der Waals surface area contributed by atoms with Gasteiger partial charge in [-0.25, -0.2) is 9.59 Å². The number of aliphatic carboxylic acids is 1. The zero-order valence-corrected chi connectivity index (χ0v) is 11.5. The average molecular weight is 282 g/mol. The predicted molar refractivity (Wildman–Crippen MR) is 67.9 cm³/mol. The van der Waals surface area contributed by atoms with Crippen molar-refractivity contribution >= 4 is 12.0 Å². The van der Waals surface area contributed by atoms with Crippen molar-refractivity contribution in [2.45, 2.75) is 45.2 Å². The third-order valence-electron chi connectivity index (χ3n) is 3.56. The molecule has 1 fully saturated rings. The maximum atomic E-state index is 12.2. The van der Waals surface area contributed by atoms with Crippen LogP contribution >= 0.6 is 0 Å². The fourth-order valence-corrected chi connectivity index (χ4v) is 2.33. The zero-order chi connectivity index (χ0) is 14.8. The van der Waals surface area contributed by atoms with Gasteiger partial charge in [0.05, 0.1) is 6.54 Å². The van der Waals surface area contributed by atoms with Crippen LogP contribution in [0.15, 0.2) is 4.52 Å². The molecule has 2 N–H and O–H groups in total. The summed E-state index contributed by atoms with van der Waals surface area (Å²) >= 11 is 0. The molecule has 1 aliphatic rings. The maximum absolute atomic E-state index is 12.2. The van der Waals surface area contributed by atoms with Crippen molar-refractivity contribution in [2.75, 3.05) is 6.54 Å². The first-order valence-electron chi connectivity index (χ1n) is 6.51. The number of nitrogens with zero attached hydrogens (tertiary/aromatic N) is 3. The van der Waals surface area contributed by atoms with Gasteiger partial charge in [-0.15, -0.1) is 0 Å². The van der Waals surface area contributed by atoms with Gasteiger partial charge in [-0.2, -0.15) is 4.98 Å². The first-order valence-corrected chi connectivity index (χ1v) is 6.51. The van der Waals surface area contributed by atoms with Crippen LogP contribution < -0.4 is 5.32 Å². The number of aryl methyl sites for hydroxylation is 1. The number of aromatic nitrogens is 2. The van der Waals surface area contributed by atoms with Gasteiger partial charge in [-0.1, -0.05) is 5.16 Å². The summed E-state index contributed by atoms with van der Waals surface area (Å²) in [5, 5.41) is 15.6. The highest BCUT2D eigenvalue weighted by Crippen LogP contribution is 2.28. The number of rotatable bonds is 3. The molecule has 1 saturated heterocycles. The van der Waals surface area contributed by atoms with Crippen molar-refractivity contribution < 1.29 is 19.2 Å². The van der Waals surface area contributed by atoms with Crippen molar-refractivity contribution in [2.24, 2.45) is 0 Å². The Balaban J connectivity index is 2.01. The molecule has 0 saturated carbocycles. The molecule has 2 heterocycles. The predicted octanol–water partition coefficient (Wildman–Crippen LogP) is 0.917. The maximum Gasteiger partial charge on any atom is 0.329 e. The molecule has 1 unspecified atom stereocenters. The Morgan fingerprint density at radius 2 is 2.25 bits per heavy atom. The second-order valence-corrected chi connectivity index (χ2v) is 5.08. The summed E-state index contributed by atoms with van der Waals surface area (Å²) in [6, 6.07) is -0.426. The summed E-state index contributed by atoms with van der Waals surface area (Å²) in [7, 11) is 0. The minimum absolute atomic E-state index is 0.0892. The van der Waals surface area contributed by atoms with E-state index in [1.54, 1.807) is 13.8 Å². The third-order valence-corrected chi connectivity index (χ3v) is 3.56. The highest BCUT2D eigenvalue weighted by molar-refractivity contribution is 5.86. The summed E-state index contributed by atoms with van der Waals surface area (Å²) < 4.78 is 4.89. The number of urea groups is 1. The number of piperidine rings is 1. The lowest BCUT2D eigenvalue weighted by Crippen LogP contribution is -2.59. The Morgan fingerprint density at radius 3 is 2.85 bits per heavy atom. The van der Waals surface area contributed by atoms with Crippen LogP contribution in [0.5, 0.6) is 0 Å². The molecule has 2 rings (SSSR count). The molecule has 110 valence electrons. The van der Waals surface area contributed by atoms with E-state index >= 15 is 0 Å². The Labute approximate surface area is 116 Å². The van der Waals surface area contributed by atoms with Crippen LogP contribution in [-0.2, 0) is 11.3 Å². The monoisotopic (exact) mass is 282 g/mol. The van der Waals surface area contributed by atoms with Gasteiger partial charge in [0.2, 0.25) is 5.89 Å². The summed E-state index contributed by atoms with van der Waals surface area (Å²) in [6.07, 6.45) is 2.06. The molecule has 1 atom stereocenters. The number of amides is 2. The highest BCUT2D eigenvalue weighted by atomic mass is 16.5. The molecule has 8 heteroatoms. The van der Waals surface area contributed by atoms with E-state index in [0.29, 0.717) is 24.7 Å². The quantitative estimate of drug-likeness (QED) is 0.853. The van der Waals surface area contributed by atoms with Crippen LogP contribution in [-0.4, -0.2) is 44.2 Å². The third kappa shape index (κ3) is 2.73. The van der Waals surface area contributed by atoms with E-state index in [4.69, 9.17) is 4.52 Å². The molecule has 0 radical (unpaired) electrons. The molecule has 1 aromatic rings. The Bertz CT molecular complexity index is 515. The van der Waals surface area contributed by atoms with Crippen LogP contribution in [0.4, 0.5) is 4.79 Å². The molecule has 2 amide bonds. The van der Waals surface area contributed by atoms with Gasteiger partial charge < -0.3 is 19.8 Å². The summed E-state index contributed by atoms with van der Waals surface area (Å²) in [6.45, 7) is 3.77. The molecule has 20 heavy (non-hydrogen) atoms. The summed E-state index contributed by atoms with van der Waals surface area (Å²) in [5.74, 6) is -0.200. The minimum Gasteiger partial charge on any atom is -0.480 e. The standard InChI is InChI=1S/C12H18N4O4/c1-8-14-9(20-15-8)7-13-11(19)16-6-4-3-5-12(16,2)10(17)18/h3-7H2,1-2H3,(H,13,19)(H,17,18). The SMILES string of the molecule is Cc1noc(CNC(=O)N2CCCCC2(C)C(=O)O)n1. The summed E-state index contributed by atoms with van der Waals surface area (Å²) in [4.78, 5) is 28.9. The van der Waals surface area contributed by atoms with Crippen molar-refractivity contribution in [3.63, 3.8) is 0 Å². The number of carbonyl (C=O) groups is 2. The van der Waals surface area contributed by atoms with E-state index < -0.39 is 17.5 Å². The molecular weight excluding hydrogens is 264 g/mol. The van der Waals surface area contributed by atoms with Crippen molar-refractivity contribution in [1.29, 1.82) is 0 Å². The van der Waals surface area contributed by atoms with Crippen LogP contribution in [0.3, 0.4) is 0 Å². The highest BCUT2D eigenvalue weighted by Gasteiger charge is 2.43. The van der Waals surface area contributed by atoms with Crippen molar-refractivity contribution in [3.05, 3.63) is 11.7 Å². The number of carboxylic acid groups (broad SMARTS) is 1. The van der Waals surface area contributed by atoms with E-state index in [1.807, 2.05) is 0 Å². The van der Waals surface area contributed by atoms with E-state index in [1.165, 1.54) is 4.90 Å². The van der Waals surface area contributed by atoms with Crippen LogP contribution in [0.2, 0.25) is 0 Å². The van der Waals surface area contributed by atoms with E-state index in [2.05, 4.69) is 15.5 Å². The van der Waals surface area contributed by atoms with Gasteiger partial charge in [0, 0.05) is 6.54 Å². The zero-order valence-electron chi connectivity index (χ0n) is 11.5. The number of carbonyl (C=O) groups excluding carboxylic acids is 1. The minimum atomic E-state index is -1.16. The van der Waals surface area contributed by atoms with Gasteiger partial charge in [0.25, 0.3) is 0 Å². The smallest absolute Gasteiger partial charge is 0.329 e. The average Bonchev–Trinajstić information content (AvgIpc) is 2.82. The Hall–Kier alpha value is -2.12. The number of carboxylic acids is 1. The van der Waals surface area contributed by atoms with Gasteiger partial charge in [0.15, 0.2) is 5.82 Å². The fraction of sp³-hybridized carbons (Fsp3) is 0.667. The summed E-state index contributed by atoms with van der Waals surface area (Å²) in [5.41, 5.74) is -1.16. The second-order valence-electron chi connectivity index (χ2n) is 5.08. The molecule has 0 aromatic carbocycles. The first kappa shape index (κ1) is 14.3. The molecular formula is C12H18N4O4.